The van der Waals surface area contributed by atoms with Gasteiger partial charge in [0.25, 0.3) is 6.43 Å². The van der Waals surface area contributed by atoms with Gasteiger partial charge in [-0.3, -0.25) is 4.79 Å². The van der Waals surface area contributed by atoms with Crippen LogP contribution in [0.1, 0.15) is 18.4 Å². The smallest absolute Gasteiger partial charge is 0.272 e. The number of carbonyl (C=O) groups excluding carboxylic acids is 1. The second kappa shape index (κ2) is 7.70. The molecule has 1 amide bonds. The zero-order chi connectivity index (χ0) is 16.9. The van der Waals surface area contributed by atoms with Crippen LogP contribution in [-0.2, 0) is 9.53 Å². The molecule has 0 aromatic heterocycles. The monoisotopic (exact) mass is 328 g/mol. The van der Waals surface area contributed by atoms with Crippen LogP contribution < -0.4 is 15.8 Å². The number of rotatable bonds is 6. The van der Waals surface area contributed by atoms with Crippen molar-refractivity contribution in [2.75, 3.05) is 31.7 Å². The maximum Gasteiger partial charge on any atom is 0.272 e. The quantitative estimate of drug-likeness (QED) is 0.840. The van der Waals surface area contributed by atoms with E-state index in [-0.39, 0.29) is 12.5 Å². The van der Waals surface area contributed by atoms with E-state index in [0.29, 0.717) is 37.5 Å². The van der Waals surface area contributed by atoms with Gasteiger partial charge in [-0.15, -0.1) is 0 Å². The topological polar surface area (TPSA) is 73.6 Å². The standard InChI is InChI=1S/C16H22F2N2O3/c1-11-2-3-12(8-13(11)23-9-14(17)18)20-15(21)16(10-19)4-6-22-7-5-16/h2-3,8,14H,4-7,9-10,19H2,1H3,(H,20,21). The highest BCUT2D eigenvalue weighted by atomic mass is 19.3. The lowest BCUT2D eigenvalue weighted by atomic mass is 9.79. The van der Waals surface area contributed by atoms with Crippen molar-refractivity contribution in [3.05, 3.63) is 23.8 Å². The van der Waals surface area contributed by atoms with Gasteiger partial charge >= 0.3 is 0 Å². The molecule has 1 aromatic rings. The molecule has 0 radical (unpaired) electrons. The first-order valence-electron chi connectivity index (χ1n) is 7.58. The van der Waals surface area contributed by atoms with E-state index in [1.54, 1.807) is 25.1 Å². The van der Waals surface area contributed by atoms with Gasteiger partial charge in [0.15, 0.2) is 0 Å². The van der Waals surface area contributed by atoms with Crippen molar-refractivity contribution in [2.45, 2.75) is 26.2 Å². The van der Waals surface area contributed by atoms with Crippen LogP contribution in [0, 0.1) is 12.3 Å². The molecular weight excluding hydrogens is 306 g/mol. The summed E-state index contributed by atoms with van der Waals surface area (Å²) < 4.78 is 34.9. The third kappa shape index (κ3) is 4.39. The number of nitrogens with one attached hydrogen (secondary N) is 1. The molecular formula is C16H22F2N2O3. The van der Waals surface area contributed by atoms with Crippen LogP contribution >= 0.6 is 0 Å². The number of carbonyl (C=O) groups is 1. The first-order chi connectivity index (χ1) is 11.0. The number of hydrogen-bond acceptors (Lipinski definition) is 4. The molecule has 3 N–H and O–H groups in total. The van der Waals surface area contributed by atoms with Crippen LogP contribution in [-0.4, -0.2) is 38.7 Å². The molecule has 1 aliphatic rings. The first-order valence-corrected chi connectivity index (χ1v) is 7.58. The lowest BCUT2D eigenvalue weighted by Crippen LogP contribution is -2.46. The maximum atomic E-state index is 12.6. The zero-order valence-electron chi connectivity index (χ0n) is 13.1. The van der Waals surface area contributed by atoms with E-state index in [2.05, 4.69) is 5.32 Å². The molecule has 1 saturated heterocycles. The molecule has 1 fully saturated rings. The molecule has 0 bridgehead atoms. The lowest BCUT2D eigenvalue weighted by molar-refractivity contribution is -0.130. The van der Waals surface area contributed by atoms with Crippen molar-refractivity contribution >= 4 is 11.6 Å². The minimum absolute atomic E-state index is 0.174. The average molecular weight is 328 g/mol. The Morgan fingerprint density at radius 1 is 1.43 bits per heavy atom. The third-order valence-corrected chi connectivity index (χ3v) is 4.13. The Labute approximate surface area is 134 Å². The van der Waals surface area contributed by atoms with Gasteiger partial charge in [0.2, 0.25) is 5.91 Å². The summed E-state index contributed by atoms with van der Waals surface area (Å²) in [4.78, 5) is 12.6. The van der Waals surface area contributed by atoms with E-state index in [4.69, 9.17) is 15.2 Å². The number of anilines is 1. The molecule has 7 heteroatoms. The fourth-order valence-electron chi connectivity index (χ4n) is 2.54. The van der Waals surface area contributed by atoms with Gasteiger partial charge in [-0.2, -0.15) is 0 Å². The predicted molar refractivity (Wildman–Crippen MR) is 82.8 cm³/mol. The second-order valence-corrected chi connectivity index (χ2v) is 5.73. The summed E-state index contributed by atoms with van der Waals surface area (Å²) in [6.45, 7) is 2.32. The summed E-state index contributed by atoms with van der Waals surface area (Å²) in [5.41, 5.74) is 6.39. The molecule has 0 spiro atoms. The molecule has 1 aliphatic heterocycles. The van der Waals surface area contributed by atoms with Gasteiger partial charge in [-0.1, -0.05) is 6.07 Å². The minimum atomic E-state index is -2.55. The Balaban J connectivity index is 2.09. The van der Waals surface area contributed by atoms with Gasteiger partial charge in [0, 0.05) is 31.5 Å². The molecule has 0 saturated carbocycles. The van der Waals surface area contributed by atoms with Crippen molar-refractivity contribution in [1.29, 1.82) is 0 Å². The first kappa shape index (κ1) is 17.6. The summed E-state index contributed by atoms with van der Waals surface area (Å²) in [5, 5.41) is 2.82. The normalized spacial score (nSPS) is 17.1. The highest BCUT2D eigenvalue weighted by Crippen LogP contribution is 2.32. The second-order valence-electron chi connectivity index (χ2n) is 5.73. The van der Waals surface area contributed by atoms with Crippen molar-refractivity contribution in [3.8, 4) is 5.75 Å². The Kier molecular flexibility index (Phi) is 5.90. The van der Waals surface area contributed by atoms with E-state index in [1.807, 2.05) is 0 Å². The summed E-state index contributed by atoms with van der Waals surface area (Å²) in [6, 6.07) is 4.99. The lowest BCUT2D eigenvalue weighted by Gasteiger charge is -2.34. The largest absolute Gasteiger partial charge is 0.487 e. The Bertz CT molecular complexity index is 546. The Hall–Kier alpha value is -1.73. The van der Waals surface area contributed by atoms with Crippen molar-refractivity contribution in [3.63, 3.8) is 0 Å². The Morgan fingerprint density at radius 3 is 2.74 bits per heavy atom. The number of benzene rings is 1. The molecule has 23 heavy (non-hydrogen) atoms. The number of nitrogens with two attached hydrogens (primary N) is 1. The van der Waals surface area contributed by atoms with Crippen LogP contribution in [0.4, 0.5) is 14.5 Å². The molecule has 1 heterocycles. The number of ether oxygens (including phenoxy) is 2. The van der Waals surface area contributed by atoms with E-state index in [1.165, 1.54) is 0 Å². The Morgan fingerprint density at radius 2 is 2.13 bits per heavy atom. The molecule has 5 nitrogen and oxygen atoms in total. The number of hydrogen-bond donors (Lipinski definition) is 2. The number of amides is 1. The number of aryl methyl sites for hydroxylation is 1. The van der Waals surface area contributed by atoms with Crippen LogP contribution in [0.5, 0.6) is 5.75 Å². The van der Waals surface area contributed by atoms with Crippen LogP contribution in [0.15, 0.2) is 18.2 Å². The van der Waals surface area contributed by atoms with Crippen molar-refractivity contribution < 1.29 is 23.0 Å². The summed E-state index contributed by atoms with van der Waals surface area (Å²) in [6.07, 6.45) is -1.42. The van der Waals surface area contributed by atoms with E-state index in [0.717, 1.165) is 5.56 Å². The van der Waals surface area contributed by atoms with Crippen molar-refractivity contribution in [1.82, 2.24) is 0 Å². The SMILES string of the molecule is Cc1ccc(NC(=O)C2(CN)CCOCC2)cc1OCC(F)F. The van der Waals surface area contributed by atoms with Crippen LogP contribution in [0.3, 0.4) is 0 Å². The zero-order valence-corrected chi connectivity index (χ0v) is 13.1. The highest BCUT2D eigenvalue weighted by molar-refractivity contribution is 5.95. The molecule has 0 atom stereocenters. The molecule has 0 unspecified atom stereocenters. The summed E-state index contributed by atoms with van der Waals surface area (Å²) in [7, 11) is 0. The maximum absolute atomic E-state index is 12.6. The average Bonchev–Trinajstić information content (AvgIpc) is 2.55. The molecule has 1 aromatic carbocycles. The highest BCUT2D eigenvalue weighted by Gasteiger charge is 2.38. The molecule has 0 aliphatic carbocycles. The van der Waals surface area contributed by atoms with Gasteiger partial charge in [-0.05, 0) is 31.4 Å². The van der Waals surface area contributed by atoms with E-state index >= 15 is 0 Å². The van der Waals surface area contributed by atoms with Gasteiger partial charge in [-0.25, -0.2) is 8.78 Å². The molecule has 2 rings (SSSR count). The van der Waals surface area contributed by atoms with Gasteiger partial charge in [0.1, 0.15) is 12.4 Å². The summed E-state index contributed by atoms with van der Waals surface area (Å²) in [5.74, 6) is 0.156. The fraction of sp³-hybridized carbons (Fsp3) is 0.562. The van der Waals surface area contributed by atoms with Crippen LogP contribution in [0.25, 0.3) is 0 Å². The minimum Gasteiger partial charge on any atom is -0.487 e. The number of alkyl halides is 2. The number of halogens is 2. The predicted octanol–water partition coefficient (Wildman–Crippen LogP) is 2.33. The molecule has 128 valence electrons. The van der Waals surface area contributed by atoms with Gasteiger partial charge < -0.3 is 20.5 Å². The van der Waals surface area contributed by atoms with Crippen molar-refractivity contribution in [2.24, 2.45) is 11.1 Å². The van der Waals surface area contributed by atoms with E-state index < -0.39 is 18.4 Å². The fourth-order valence-corrected chi connectivity index (χ4v) is 2.54. The van der Waals surface area contributed by atoms with Gasteiger partial charge in [0.05, 0.1) is 5.41 Å². The van der Waals surface area contributed by atoms with Crippen LogP contribution in [0.2, 0.25) is 0 Å². The third-order valence-electron chi connectivity index (χ3n) is 4.13. The summed E-state index contributed by atoms with van der Waals surface area (Å²) >= 11 is 0. The van der Waals surface area contributed by atoms with E-state index in [9.17, 15) is 13.6 Å².